The molecule has 0 amide bonds. The third kappa shape index (κ3) is 4.21. The summed E-state index contributed by atoms with van der Waals surface area (Å²) in [6.07, 6.45) is 3.00. The molecule has 90 valence electrons. The largest absolute Gasteiger partial charge is 0.396 e. The van der Waals surface area contributed by atoms with E-state index in [9.17, 15) is 9.32 Å². The first kappa shape index (κ1) is 13.1. The van der Waals surface area contributed by atoms with Gasteiger partial charge < -0.3 is 10.4 Å². The molecule has 1 rings (SSSR count). The van der Waals surface area contributed by atoms with Gasteiger partial charge in [-0.2, -0.15) is 0 Å². The van der Waals surface area contributed by atoms with Gasteiger partial charge in [0.1, 0.15) is 0 Å². The summed E-state index contributed by atoms with van der Waals surface area (Å²) in [4.78, 5) is 0. The molecule has 0 aromatic heterocycles. The number of rotatable bonds is 5. The zero-order valence-corrected chi connectivity index (χ0v) is 10.6. The van der Waals surface area contributed by atoms with Gasteiger partial charge in [-0.3, -0.25) is 4.21 Å². The fourth-order valence-corrected chi connectivity index (χ4v) is 2.98. The Hall–Kier alpha value is 0.0700. The lowest BCUT2D eigenvalue weighted by Gasteiger charge is -2.30. The van der Waals surface area contributed by atoms with Crippen molar-refractivity contribution in [3.05, 3.63) is 0 Å². The van der Waals surface area contributed by atoms with Crippen molar-refractivity contribution in [1.82, 2.24) is 5.32 Å². The first-order valence-corrected chi connectivity index (χ1v) is 7.27. The predicted molar refractivity (Wildman–Crippen MR) is 64.4 cm³/mol. The van der Waals surface area contributed by atoms with Gasteiger partial charge in [-0.25, -0.2) is 0 Å². The molecule has 1 aliphatic heterocycles. The van der Waals surface area contributed by atoms with Crippen LogP contribution in [0.15, 0.2) is 0 Å². The third-order valence-corrected chi connectivity index (χ3v) is 4.82. The normalized spacial score (nSPS) is 31.1. The van der Waals surface area contributed by atoms with Crippen molar-refractivity contribution >= 4 is 10.8 Å². The van der Waals surface area contributed by atoms with Gasteiger partial charge in [-0.15, -0.1) is 0 Å². The molecule has 0 spiro atoms. The van der Waals surface area contributed by atoms with Crippen molar-refractivity contribution in [2.24, 2.45) is 5.41 Å². The average Bonchev–Trinajstić information content (AvgIpc) is 2.28. The molecule has 1 saturated heterocycles. The summed E-state index contributed by atoms with van der Waals surface area (Å²) in [5.74, 6) is 1.67. The number of nitrogens with one attached hydrogen (secondary N) is 1. The zero-order valence-electron chi connectivity index (χ0n) is 9.79. The van der Waals surface area contributed by atoms with Gasteiger partial charge in [0.15, 0.2) is 0 Å². The molecule has 1 heterocycles. The van der Waals surface area contributed by atoms with E-state index in [4.69, 9.17) is 0 Å². The molecule has 0 aromatic rings. The van der Waals surface area contributed by atoms with E-state index in [0.717, 1.165) is 37.3 Å². The first-order chi connectivity index (χ1) is 7.09. The van der Waals surface area contributed by atoms with Crippen molar-refractivity contribution in [3.63, 3.8) is 0 Å². The SMILES string of the molecule is CCC(C)(CO)CNC1CCS(=O)CC1. The maximum absolute atomic E-state index is 11.2. The number of hydrogen-bond acceptors (Lipinski definition) is 3. The van der Waals surface area contributed by atoms with Gasteiger partial charge in [-0.1, -0.05) is 13.8 Å². The maximum Gasteiger partial charge on any atom is 0.0496 e. The predicted octanol–water partition coefficient (Wildman–Crippen LogP) is 0.896. The van der Waals surface area contributed by atoms with Crippen molar-refractivity contribution in [1.29, 1.82) is 0 Å². The monoisotopic (exact) mass is 233 g/mol. The summed E-state index contributed by atoms with van der Waals surface area (Å²) in [5.41, 5.74) is -0.00337. The molecule has 1 aliphatic rings. The van der Waals surface area contributed by atoms with Crippen molar-refractivity contribution < 1.29 is 9.32 Å². The van der Waals surface area contributed by atoms with Crippen LogP contribution >= 0.6 is 0 Å². The third-order valence-electron chi connectivity index (χ3n) is 3.44. The van der Waals surface area contributed by atoms with Crippen molar-refractivity contribution in [2.45, 2.75) is 39.2 Å². The van der Waals surface area contributed by atoms with E-state index in [2.05, 4.69) is 19.2 Å². The lowest BCUT2D eigenvalue weighted by Crippen LogP contribution is -2.42. The molecule has 0 radical (unpaired) electrons. The smallest absolute Gasteiger partial charge is 0.0496 e. The Morgan fingerprint density at radius 1 is 1.47 bits per heavy atom. The standard InChI is InChI=1S/C11H23NO2S/c1-3-11(2,9-13)8-12-10-4-6-15(14)7-5-10/h10,12-13H,3-9H2,1-2H3. The molecule has 1 atom stereocenters. The Morgan fingerprint density at radius 3 is 2.53 bits per heavy atom. The Morgan fingerprint density at radius 2 is 2.07 bits per heavy atom. The maximum atomic E-state index is 11.2. The fraction of sp³-hybridized carbons (Fsp3) is 1.00. The minimum Gasteiger partial charge on any atom is -0.396 e. The van der Waals surface area contributed by atoms with Gasteiger partial charge in [0, 0.05) is 46.9 Å². The van der Waals surface area contributed by atoms with Crippen molar-refractivity contribution in [2.75, 3.05) is 24.7 Å². The van der Waals surface area contributed by atoms with Crippen LogP contribution in [-0.4, -0.2) is 40.0 Å². The molecule has 4 heteroatoms. The first-order valence-electron chi connectivity index (χ1n) is 5.79. The van der Waals surface area contributed by atoms with E-state index < -0.39 is 10.8 Å². The molecular formula is C11H23NO2S. The van der Waals surface area contributed by atoms with Crippen LogP contribution in [0.1, 0.15) is 33.1 Å². The Kier molecular flexibility index (Phi) is 5.23. The zero-order chi connectivity index (χ0) is 11.3. The average molecular weight is 233 g/mol. The van der Waals surface area contributed by atoms with E-state index in [1.54, 1.807) is 0 Å². The Bertz CT molecular complexity index is 207. The molecule has 0 aliphatic carbocycles. The lowest BCUT2D eigenvalue weighted by molar-refractivity contribution is 0.131. The van der Waals surface area contributed by atoms with E-state index in [1.807, 2.05) is 0 Å². The van der Waals surface area contributed by atoms with Crippen LogP contribution in [0.2, 0.25) is 0 Å². The molecular weight excluding hydrogens is 210 g/mol. The molecule has 1 fully saturated rings. The quantitative estimate of drug-likeness (QED) is 0.741. The highest BCUT2D eigenvalue weighted by Crippen LogP contribution is 2.19. The second-order valence-electron chi connectivity index (χ2n) is 4.83. The number of aliphatic hydroxyl groups excluding tert-OH is 1. The van der Waals surface area contributed by atoms with Crippen LogP contribution in [0.5, 0.6) is 0 Å². The second-order valence-corrected chi connectivity index (χ2v) is 6.52. The fourth-order valence-electron chi connectivity index (χ4n) is 1.68. The molecule has 0 bridgehead atoms. The Balaban J connectivity index is 2.27. The molecule has 15 heavy (non-hydrogen) atoms. The van der Waals surface area contributed by atoms with Crippen LogP contribution in [0.25, 0.3) is 0 Å². The second kappa shape index (κ2) is 5.97. The van der Waals surface area contributed by atoms with Crippen LogP contribution in [-0.2, 0) is 10.8 Å². The van der Waals surface area contributed by atoms with Crippen molar-refractivity contribution in [3.8, 4) is 0 Å². The highest BCUT2D eigenvalue weighted by atomic mass is 32.2. The van der Waals surface area contributed by atoms with Crippen LogP contribution < -0.4 is 5.32 Å². The molecule has 1 unspecified atom stereocenters. The van der Waals surface area contributed by atoms with E-state index in [-0.39, 0.29) is 12.0 Å². The summed E-state index contributed by atoms with van der Waals surface area (Å²) < 4.78 is 11.2. The Labute approximate surface area is 95.1 Å². The van der Waals surface area contributed by atoms with Gasteiger partial charge in [0.25, 0.3) is 0 Å². The summed E-state index contributed by atoms with van der Waals surface area (Å²) >= 11 is 0. The summed E-state index contributed by atoms with van der Waals surface area (Å²) in [6, 6.07) is 0.500. The minimum absolute atomic E-state index is 0.00337. The lowest BCUT2D eigenvalue weighted by atomic mass is 9.88. The van der Waals surface area contributed by atoms with E-state index in [0.29, 0.717) is 6.04 Å². The minimum atomic E-state index is -0.579. The van der Waals surface area contributed by atoms with E-state index >= 15 is 0 Å². The summed E-state index contributed by atoms with van der Waals surface area (Å²) in [7, 11) is -0.579. The number of hydrogen-bond donors (Lipinski definition) is 2. The number of aliphatic hydroxyl groups is 1. The molecule has 2 N–H and O–H groups in total. The molecule has 0 aromatic carbocycles. The van der Waals surface area contributed by atoms with Crippen LogP contribution in [0, 0.1) is 5.41 Å². The molecule has 0 saturated carbocycles. The van der Waals surface area contributed by atoms with Gasteiger partial charge in [0.05, 0.1) is 0 Å². The van der Waals surface area contributed by atoms with Gasteiger partial charge in [-0.05, 0) is 19.3 Å². The van der Waals surface area contributed by atoms with E-state index in [1.165, 1.54) is 0 Å². The molecule has 3 nitrogen and oxygen atoms in total. The van der Waals surface area contributed by atoms with Crippen LogP contribution in [0.3, 0.4) is 0 Å². The van der Waals surface area contributed by atoms with Gasteiger partial charge in [0.2, 0.25) is 0 Å². The highest BCUT2D eigenvalue weighted by molar-refractivity contribution is 7.85. The topological polar surface area (TPSA) is 49.3 Å². The van der Waals surface area contributed by atoms with Crippen LogP contribution in [0.4, 0.5) is 0 Å². The van der Waals surface area contributed by atoms with Gasteiger partial charge >= 0.3 is 0 Å². The highest BCUT2D eigenvalue weighted by Gasteiger charge is 2.24. The summed E-state index contributed by atoms with van der Waals surface area (Å²) in [6.45, 7) is 5.29. The summed E-state index contributed by atoms with van der Waals surface area (Å²) in [5, 5.41) is 12.8.